The van der Waals surface area contributed by atoms with Gasteiger partial charge in [-0.3, -0.25) is 14.6 Å². The number of hydrogen-bond acceptors (Lipinski definition) is 7. The van der Waals surface area contributed by atoms with Crippen LogP contribution in [-0.2, 0) is 0 Å². The van der Waals surface area contributed by atoms with Gasteiger partial charge in [-0.1, -0.05) is 0 Å². The van der Waals surface area contributed by atoms with Crippen LogP contribution < -0.4 is 10.6 Å². The smallest absolute Gasteiger partial charge is 0.252 e. The summed E-state index contributed by atoms with van der Waals surface area (Å²) >= 11 is 0. The molecule has 0 fully saturated rings. The van der Waals surface area contributed by atoms with E-state index in [1.165, 1.54) is 18.5 Å². The lowest BCUT2D eigenvalue weighted by Crippen LogP contribution is -2.34. The number of nitrogens with one attached hydrogen (secondary N) is 2. The minimum atomic E-state index is -0.479. The fourth-order valence-corrected chi connectivity index (χ4v) is 1.74. The van der Waals surface area contributed by atoms with E-state index < -0.39 is 23.7 Å². The fourth-order valence-electron chi connectivity index (χ4n) is 1.74. The quantitative estimate of drug-likeness (QED) is 0.281. The molecule has 1 rings (SSSR count). The number of nitrogens with zero attached hydrogens (tertiary/aromatic N) is 1. The molecule has 134 valence electrons. The zero-order valence-corrected chi connectivity index (χ0v) is 13.2. The molecule has 24 heavy (non-hydrogen) atoms. The van der Waals surface area contributed by atoms with E-state index in [9.17, 15) is 9.59 Å². The van der Waals surface area contributed by atoms with E-state index in [1.807, 2.05) is 0 Å². The Hall–Kier alpha value is -2.07. The van der Waals surface area contributed by atoms with Crippen LogP contribution >= 0.6 is 0 Å². The lowest BCUT2D eigenvalue weighted by Gasteiger charge is -2.13. The van der Waals surface area contributed by atoms with Gasteiger partial charge in [-0.25, -0.2) is 0 Å². The molecule has 1 aromatic rings. The van der Waals surface area contributed by atoms with Gasteiger partial charge in [0.1, 0.15) is 0 Å². The largest absolute Gasteiger partial charge is 0.396 e. The van der Waals surface area contributed by atoms with Crippen molar-refractivity contribution in [3.63, 3.8) is 0 Å². The van der Waals surface area contributed by atoms with Gasteiger partial charge in [0.05, 0.1) is 11.1 Å². The molecule has 9 nitrogen and oxygen atoms in total. The summed E-state index contributed by atoms with van der Waals surface area (Å²) in [5, 5.41) is 40.9. The molecule has 0 bridgehead atoms. The van der Waals surface area contributed by atoms with Gasteiger partial charge in [-0.15, -0.1) is 0 Å². The summed E-state index contributed by atoms with van der Waals surface area (Å²) in [6.45, 7) is -0.834. The summed E-state index contributed by atoms with van der Waals surface area (Å²) in [5.41, 5.74) is 0.330. The highest BCUT2D eigenvalue weighted by Crippen LogP contribution is 2.04. The van der Waals surface area contributed by atoms with Crippen LogP contribution in [0.3, 0.4) is 0 Å². The van der Waals surface area contributed by atoms with E-state index >= 15 is 0 Å². The van der Waals surface area contributed by atoms with Crippen LogP contribution in [0.5, 0.6) is 0 Å². The van der Waals surface area contributed by atoms with E-state index in [1.54, 1.807) is 0 Å². The van der Waals surface area contributed by atoms with E-state index in [2.05, 4.69) is 15.6 Å². The van der Waals surface area contributed by atoms with E-state index in [0.717, 1.165) is 0 Å². The Balaban J connectivity index is 2.65. The van der Waals surface area contributed by atoms with Gasteiger partial charge in [-0.2, -0.15) is 0 Å². The van der Waals surface area contributed by atoms with Crippen LogP contribution in [0.4, 0.5) is 0 Å². The van der Waals surface area contributed by atoms with Crippen LogP contribution in [0.25, 0.3) is 0 Å². The maximum Gasteiger partial charge on any atom is 0.252 e. The molecule has 0 unspecified atom stereocenters. The van der Waals surface area contributed by atoms with Crippen molar-refractivity contribution in [3.8, 4) is 0 Å². The van der Waals surface area contributed by atoms with E-state index in [4.69, 9.17) is 20.4 Å². The molecule has 0 radical (unpaired) electrons. The highest BCUT2D eigenvalue weighted by molar-refractivity contribution is 5.99. The second-order valence-electron chi connectivity index (χ2n) is 5.34. The number of aromatic nitrogens is 1. The number of hydrogen-bond donors (Lipinski definition) is 6. The molecule has 0 saturated heterocycles. The Labute approximate surface area is 139 Å². The van der Waals surface area contributed by atoms with Crippen LogP contribution in [0.15, 0.2) is 18.5 Å². The minimum Gasteiger partial charge on any atom is -0.396 e. The van der Waals surface area contributed by atoms with Gasteiger partial charge in [0, 0.05) is 63.7 Å². The highest BCUT2D eigenvalue weighted by atomic mass is 16.3. The second kappa shape index (κ2) is 10.7. The predicted molar refractivity (Wildman–Crippen MR) is 84.2 cm³/mol. The van der Waals surface area contributed by atoms with Gasteiger partial charge in [0.25, 0.3) is 11.8 Å². The number of aliphatic hydroxyl groups excluding tert-OH is 4. The van der Waals surface area contributed by atoms with Crippen LogP contribution in [0.1, 0.15) is 20.7 Å². The first-order chi connectivity index (χ1) is 11.5. The van der Waals surface area contributed by atoms with Crippen molar-refractivity contribution in [1.29, 1.82) is 0 Å². The van der Waals surface area contributed by atoms with Gasteiger partial charge in [-0.05, 0) is 6.07 Å². The molecular formula is C15H23N3O6. The number of aliphatic hydroxyl groups is 4. The molecule has 0 saturated carbocycles. The Bertz CT molecular complexity index is 488. The molecule has 1 aromatic heterocycles. The standard InChI is InChI=1S/C15H23N3O6/c19-6-10(7-20)2-17-14(23)12-1-13(5-16-4-12)15(24)18-3-11(8-21)9-22/h1,4-5,10-11,19-22H,2-3,6-9H2,(H,17,23)(H,18,24). The average molecular weight is 341 g/mol. The summed E-state index contributed by atoms with van der Waals surface area (Å²) in [6, 6.07) is 1.36. The lowest BCUT2D eigenvalue weighted by atomic mass is 10.1. The van der Waals surface area contributed by atoms with Gasteiger partial charge in [0.15, 0.2) is 0 Å². The first-order valence-electron chi connectivity index (χ1n) is 7.50. The number of pyridine rings is 1. The Morgan fingerprint density at radius 3 is 1.54 bits per heavy atom. The summed E-state index contributed by atoms with van der Waals surface area (Å²) in [5.74, 6) is -1.87. The lowest BCUT2D eigenvalue weighted by molar-refractivity contribution is 0.0919. The molecule has 0 aliphatic heterocycles. The van der Waals surface area contributed by atoms with E-state index in [0.29, 0.717) is 0 Å². The van der Waals surface area contributed by atoms with Crippen molar-refractivity contribution in [2.45, 2.75) is 0 Å². The minimum absolute atomic E-state index is 0.0942. The molecule has 0 atom stereocenters. The zero-order chi connectivity index (χ0) is 17.9. The number of rotatable bonds is 10. The maximum atomic E-state index is 12.0. The molecule has 1 heterocycles. The fraction of sp³-hybridized carbons (Fsp3) is 0.533. The van der Waals surface area contributed by atoms with Crippen LogP contribution in [0.2, 0.25) is 0 Å². The molecular weight excluding hydrogens is 318 g/mol. The predicted octanol–water partition coefficient (Wildman–Crippen LogP) is -2.26. The molecule has 0 spiro atoms. The topological polar surface area (TPSA) is 152 Å². The SMILES string of the molecule is O=C(NCC(CO)CO)c1cncc(C(=O)NCC(CO)CO)c1. The zero-order valence-electron chi connectivity index (χ0n) is 13.2. The summed E-state index contributed by atoms with van der Waals surface area (Å²) in [6.07, 6.45) is 2.59. The summed E-state index contributed by atoms with van der Waals surface area (Å²) in [7, 11) is 0. The molecule has 0 aromatic carbocycles. The third-order valence-corrected chi connectivity index (χ3v) is 3.40. The second-order valence-corrected chi connectivity index (χ2v) is 5.34. The highest BCUT2D eigenvalue weighted by Gasteiger charge is 2.14. The number of amides is 2. The van der Waals surface area contributed by atoms with Crippen molar-refractivity contribution >= 4 is 11.8 Å². The maximum absolute atomic E-state index is 12.0. The first kappa shape index (κ1) is 20.0. The Morgan fingerprint density at radius 2 is 1.21 bits per heavy atom. The van der Waals surface area contributed by atoms with Crippen molar-refractivity contribution in [3.05, 3.63) is 29.6 Å². The number of carbonyl (C=O) groups is 2. The molecule has 0 aliphatic rings. The van der Waals surface area contributed by atoms with Gasteiger partial charge in [0.2, 0.25) is 0 Å². The normalized spacial score (nSPS) is 10.9. The van der Waals surface area contributed by atoms with Crippen molar-refractivity contribution in [2.75, 3.05) is 39.5 Å². The molecule has 6 N–H and O–H groups in total. The van der Waals surface area contributed by atoms with Crippen molar-refractivity contribution < 1.29 is 30.0 Å². The molecule has 9 heteroatoms. The molecule has 0 aliphatic carbocycles. The average Bonchev–Trinajstić information content (AvgIpc) is 2.63. The van der Waals surface area contributed by atoms with E-state index in [-0.39, 0.29) is 50.6 Å². The monoisotopic (exact) mass is 341 g/mol. The van der Waals surface area contributed by atoms with Crippen LogP contribution in [0, 0.1) is 11.8 Å². The third-order valence-electron chi connectivity index (χ3n) is 3.40. The van der Waals surface area contributed by atoms with Crippen LogP contribution in [-0.4, -0.2) is 76.7 Å². The third kappa shape index (κ3) is 6.20. The Kier molecular flexibility index (Phi) is 8.87. The summed E-state index contributed by atoms with van der Waals surface area (Å²) < 4.78 is 0. The summed E-state index contributed by atoms with van der Waals surface area (Å²) in [4.78, 5) is 27.8. The Morgan fingerprint density at radius 1 is 0.833 bits per heavy atom. The van der Waals surface area contributed by atoms with Gasteiger partial charge >= 0.3 is 0 Å². The van der Waals surface area contributed by atoms with Crippen molar-refractivity contribution in [2.24, 2.45) is 11.8 Å². The number of carbonyl (C=O) groups excluding carboxylic acids is 2. The molecule has 2 amide bonds. The first-order valence-corrected chi connectivity index (χ1v) is 7.50. The van der Waals surface area contributed by atoms with Gasteiger partial charge < -0.3 is 31.1 Å². The van der Waals surface area contributed by atoms with Crippen molar-refractivity contribution in [1.82, 2.24) is 15.6 Å².